The Morgan fingerprint density at radius 2 is 2.00 bits per heavy atom. The summed E-state index contributed by atoms with van der Waals surface area (Å²) in [5, 5.41) is 0. The van der Waals surface area contributed by atoms with Crippen LogP contribution in [0, 0.1) is 0 Å². The molecule has 0 aliphatic carbocycles. The Bertz CT molecular complexity index is 354. The van der Waals surface area contributed by atoms with Crippen molar-refractivity contribution in [2.75, 3.05) is 40.1 Å². The summed E-state index contributed by atoms with van der Waals surface area (Å²) < 4.78 is 16.4. The topological polar surface area (TPSA) is 44.8 Å². The molecule has 6 heteroatoms. The first-order chi connectivity index (χ1) is 8.74. The number of thiophene rings is 1. The lowest BCUT2D eigenvalue weighted by atomic mass is 10.3. The molecule has 0 fully saturated rings. The number of hydrogen-bond donors (Lipinski definition) is 0. The van der Waals surface area contributed by atoms with E-state index in [9.17, 15) is 4.79 Å². The molecule has 0 N–H and O–H groups in total. The quantitative estimate of drug-likeness (QED) is 0.486. The third-order valence-electron chi connectivity index (χ3n) is 2.09. The van der Waals surface area contributed by atoms with E-state index in [0.717, 1.165) is 15.1 Å². The van der Waals surface area contributed by atoms with Gasteiger partial charge in [0.1, 0.15) is 6.61 Å². The van der Waals surface area contributed by atoms with E-state index in [2.05, 4.69) is 15.9 Å². The Morgan fingerprint density at radius 3 is 2.67 bits per heavy atom. The average molecular weight is 337 g/mol. The third-order valence-corrected chi connectivity index (χ3v) is 3.76. The first-order valence-electron chi connectivity index (χ1n) is 5.67. The maximum Gasteiger partial charge on any atom is 0.198 e. The van der Waals surface area contributed by atoms with Crippen LogP contribution in [0.5, 0.6) is 0 Å². The van der Waals surface area contributed by atoms with Crippen molar-refractivity contribution >= 4 is 33.0 Å². The van der Waals surface area contributed by atoms with Gasteiger partial charge in [0.2, 0.25) is 0 Å². The highest BCUT2D eigenvalue weighted by Crippen LogP contribution is 2.22. The molecule has 0 aromatic carbocycles. The summed E-state index contributed by atoms with van der Waals surface area (Å²) in [6, 6.07) is 3.66. The molecule has 0 saturated carbocycles. The van der Waals surface area contributed by atoms with E-state index in [1.54, 1.807) is 13.2 Å². The maximum absolute atomic E-state index is 11.6. The van der Waals surface area contributed by atoms with Gasteiger partial charge in [0.15, 0.2) is 5.78 Å². The second kappa shape index (κ2) is 9.63. The minimum Gasteiger partial charge on any atom is -0.382 e. The highest BCUT2D eigenvalue weighted by atomic mass is 79.9. The molecule has 0 unspecified atom stereocenters. The van der Waals surface area contributed by atoms with Gasteiger partial charge in [0.05, 0.1) is 21.9 Å². The van der Waals surface area contributed by atoms with Crippen molar-refractivity contribution in [3.63, 3.8) is 0 Å². The van der Waals surface area contributed by atoms with E-state index in [1.165, 1.54) is 11.3 Å². The maximum atomic E-state index is 11.6. The number of carbonyl (C=O) groups is 1. The fourth-order valence-electron chi connectivity index (χ4n) is 1.21. The second-order valence-electron chi connectivity index (χ2n) is 3.54. The van der Waals surface area contributed by atoms with Gasteiger partial charge in [-0.1, -0.05) is 0 Å². The molecular weight excluding hydrogens is 320 g/mol. The molecule has 0 spiro atoms. The summed E-state index contributed by atoms with van der Waals surface area (Å²) in [5.41, 5.74) is 0. The molecule has 1 aromatic heterocycles. The molecule has 102 valence electrons. The van der Waals surface area contributed by atoms with E-state index in [-0.39, 0.29) is 12.4 Å². The van der Waals surface area contributed by atoms with Gasteiger partial charge >= 0.3 is 0 Å². The van der Waals surface area contributed by atoms with Crippen molar-refractivity contribution < 1.29 is 19.0 Å². The van der Waals surface area contributed by atoms with Gasteiger partial charge in [-0.15, -0.1) is 11.3 Å². The monoisotopic (exact) mass is 336 g/mol. The zero-order chi connectivity index (χ0) is 13.2. The average Bonchev–Trinajstić information content (AvgIpc) is 2.79. The Morgan fingerprint density at radius 1 is 1.22 bits per heavy atom. The van der Waals surface area contributed by atoms with E-state index >= 15 is 0 Å². The van der Waals surface area contributed by atoms with Crippen molar-refractivity contribution in [3.8, 4) is 0 Å². The number of Topliss-reactive ketones (excluding diaryl/α,β-unsaturated/α-hetero) is 1. The minimum absolute atomic E-state index is 0.0194. The Hall–Kier alpha value is -0.270. The number of hydrogen-bond acceptors (Lipinski definition) is 5. The van der Waals surface area contributed by atoms with Gasteiger partial charge in [0.25, 0.3) is 0 Å². The molecule has 1 aromatic rings. The van der Waals surface area contributed by atoms with Gasteiger partial charge < -0.3 is 14.2 Å². The highest BCUT2D eigenvalue weighted by Gasteiger charge is 2.08. The van der Waals surface area contributed by atoms with Crippen LogP contribution in [0.2, 0.25) is 0 Å². The predicted molar refractivity (Wildman–Crippen MR) is 74.5 cm³/mol. The van der Waals surface area contributed by atoms with Crippen LogP contribution in [0.15, 0.2) is 15.9 Å². The highest BCUT2D eigenvalue weighted by molar-refractivity contribution is 9.11. The summed E-state index contributed by atoms with van der Waals surface area (Å²) in [4.78, 5) is 12.4. The first kappa shape index (κ1) is 15.8. The summed E-state index contributed by atoms with van der Waals surface area (Å²) in [5.74, 6) is 0.0194. The summed E-state index contributed by atoms with van der Waals surface area (Å²) in [6.45, 7) is 2.49. The number of methoxy groups -OCH3 is 1. The minimum atomic E-state index is 0.0194. The number of rotatable bonds is 10. The van der Waals surface area contributed by atoms with Crippen molar-refractivity contribution in [2.24, 2.45) is 0 Å². The van der Waals surface area contributed by atoms with Gasteiger partial charge in [-0.05, 0) is 34.5 Å². The molecule has 0 radical (unpaired) electrons. The van der Waals surface area contributed by atoms with Gasteiger partial charge in [-0.25, -0.2) is 0 Å². The Labute approximate surface area is 119 Å². The van der Waals surface area contributed by atoms with Crippen LogP contribution >= 0.6 is 27.3 Å². The molecule has 0 aliphatic heterocycles. The normalized spacial score (nSPS) is 10.8. The van der Waals surface area contributed by atoms with Gasteiger partial charge in [0, 0.05) is 20.3 Å². The molecule has 0 aliphatic rings. The molecule has 4 nitrogen and oxygen atoms in total. The lowest BCUT2D eigenvalue weighted by molar-refractivity contribution is 0.0490. The largest absolute Gasteiger partial charge is 0.382 e. The van der Waals surface area contributed by atoms with Crippen molar-refractivity contribution in [2.45, 2.75) is 6.42 Å². The number of halogens is 1. The number of ether oxygens (including phenoxy) is 3. The molecule has 0 amide bonds. The standard InChI is InChI=1S/C12H17BrO4S/c1-15-7-8-16-5-2-6-17-9-10(14)11-3-4-12(13)18-11/h3-4H,2,5-9H2,1H3. The molecular formula is C12H17BrO4S. The Kier molecular flexibility index (Phi) is 8.45. The SMILES string of the molecule is COCCOCCCOCC(=O)c1ccc(Br)s1. The van der Waals surface area contributed by atoms with Crippen LogP contribution in [-0.2, 0) is 14.2 Å². The van der Waals surface area contributed by atoms with Gasteiger partial charge in [-0.2, -0.15) is 0 Å². The Balaban J connectivity index is 1.99. The van der Waals surface area contributed by atoms with E-state index < -0.39 is 0 Å². The summed E-state index contributed by atoms with van der Waals surface area (Å²) in [7, 11) is 1.64. The number of carbonyl (C=O) groups excluding carboxylic acids is 1. The fourth-order valence-corrected chi connectivity index (χ4v) is 2.52. The second-order valence-corrected chi connectivity index (χ2v) is 6.00. The van der Waals surface area contributed by atoms with E-state index in [1.807, 2.05) is 6.07 Å². The molecule has 0 atom stereocenters. The summed E-state index contributed by atoms with van der Waals surface area (Å²) in [6.07, 6.45) is 0.783. The van der Waals surface area contributed by atoms with Crippen molar-refractivity contribution in [3.05, 3.63) is 20.8 Å². The number of ketones is 1. The van der Waals surface area contributed by atoms with Crippen LogP contribution in [0.4, 0.5) is 0 Å². The third kappa shape index (κ3) is 6.61. The zero-order valence-electron chi connectivity index (χ0n) is 10.3. The first-order valence-corrected chi connectivity index (χ1v) is 7.28. The van der Waals surface area contributed by atoms with Crippen molar-refractivity contribution in [1.29, 1.82) is 0 Å². The predicted octanol–water partition coefficient (Wildman–Crippen LogP) is 2.76. The lowest BCUT2D eigenvalue weighted by Crippen LogP contribution is -2.10. The van der Waals surface area contributed by atoms with Crippen LogP contribution in [0.1, 0.15) is 16.1 Å². The summed E-state index contributed by atoms with van der Waals surface area (Å²) >= 11 is 4.74. The molecule has 1 heterocycles. The lowest BCUT2D eigenvalue weighted by Gasteiger charge is -2.04. The molecule has 0 saturated heterocycles. The van der Waals surface area contributed by atoms with Crippen LogP contribution in [0.3, 0.4) is 0 Å². The smallest absolute Gasteiger partial charge is 0.198 e. The van der Waals surface area contributed by atoms with E-state index in [4.69, 9.17) is 14.2 Å². The van der Waals surface area contributed by atoms with Gasteiger partial charge in [-0.3, -0.25) is 4.79 Å². The van der Waals surface area contributed by atoms with Crippen LogP contribution < -0.4 is 0 Å². The fraction of sp³-hybridized carbons (Fsp3) is 0.583. The van der Waals surface area contributed by atoms with Crippen LogP contribution in [-0.4, -0.2) is 45.9 Å². The molecule has 18 heavy (non-hydrogen) atoms. The zero-order valence-corrected chi connectivity index (χ0v) is 12.7. The van der Waals surface area contributed by atoms with Crippen molar-refractivity contribution in [1.82, 2.24) is 0 Å². The molecule has 1 rings (SSSR count). The van der Waals surface area contributed by atoms with E-state index in [0.29, 0.717) is 26.4 Å². The molecule has 0 bridgehead atoms. The van der Waals surface area contributed by atoms with Crippen LogP contribution in [0.25, 0.3) is 0 Å².